The minimum atomic E-state index is 0.600. The fourth-order valence-corrected chi connectivity index (χ4v) is 1.96. The predicted octanol–water partition coefficient (Wildman–Crippen LogP) is 3.51. The molecule has 0 aliphatic heterocycles. The highest BCUT2D eigenvalue weighted by Crippen LogP contribution is 2.30. The first-order chi connectivity index (χ1) is 7.11. The maximum atomic E-state index is 6.04. The van der Waals surface area contributed by atoms with Crippen LogP contribution in [0.2, 0.25) is 5.02 Å². The Kier molecular flexibility index (Phi) is 2.53. The van der Waals surface area contributed by atoms with Crippen molar-refractivity contribution in [3.8, 4) is 5.75 Å². The smallest absolute Gasteiger partial charge is 0.138 e. The van der Waals surface area contributed by atoms with Crippen LogP contribution in [-0.2, 0) is 0 Å². The summed E-state index contributed by atoms with van der Waals surface area (Å²) in [5, 5.41) is 1.68. The van der Waals surface area contributed by atoms with Crippen LogP contribution in [0.1, 0.15) is 11.3 Å². The number of pyridine rings is 1. The lowest BCUT2D eigenvalue weighted by molar-refractivity contribution is 0.415. The fraction of sp³-hybridized carbons (Fsp3) is 0.250. The van der Waals surface area contributed by atoms with Crippen LogP contribution in [0.15, 0.2) is 18.2 Å². The molecule has 1 aromatic carbocycles. The molecule has 0 bridgehead atoms. The Labute approximate surface area is 93.8 Å². The van der Waals surface area contributed by atoms with Crippen LogP contribution in [0.5, 0.6) is 5.75 Å². The first-order valence-electron chi connectivity index (χ1n) is 4.73. The maximum Gasteiger partial charge on any atom is 0.138 e. The summed E-state index contributed by atoms with van der Waals surface area (Å²) in [4.78, 5) is 4.43. The van der Waals surface area contributed by atoms with Crippen LogP contribution < -0.4 is 4.74 Å². The zero-order chi connectivity index (χ0) is 11.0. The van der Waals surface area contributed by atoms with E-state index in [2.05, 4.69) is 18.0 Å². The number of nitrogens with zero attached hydrogens (tertiary/aromatic N) is 1. The fourth-order valence-electron chi connectivity index (χ4n) is 1.72. The van der Waals surface area contributed by atoms with Crippen molar-refractivity contribution in [1.82, 2.24) is 4.98 Å². The van der Waals surface area contributed by atoms with Gasteiger partial charge in [0.05, 0.1) is 17.6 Å². The van der Waals surface area contributed by atoms with E-state index in [1.165, 1.54) is 5.56 Å². The molecule has 0 saturated heterocycles. The van der Waals surface area contributed by atoms with Gasteiger partial charge in [0.1, 0.15) is 5.75 Å². The normalized spacial score (nSPS) is 10.7. The molecule has 0 unspecified atom stereocenters. The summed E-state index contributed by atoms with van der Waals surface area (Å²) >= 11 is 6.04. The van der Waals surface area contributed by atoms with E-state index in [1.54, 1.807) is 7.11 Å². The quantitative estimate of drug-likeness (QED) is 0.735. The number of ether oxygens (including phenoxy) is 1. The third kappa shape index (κ3) is 1.77. The number of hydrogen-bond acceptors (Lipinski definition) is 2. The number of aryl methyl sites for hydroxylation is 2. The Balaban J connectivity index is 2.81. The minimum Gasteiger partial charge on any atom is -0.495 e. The maximum absolute atomic E-state index is 6.04. The molecule has 0 saturated carbocycles. The number of hydrogen-bond donors (Lipinski definition) is 0. The number of methoxy groups -OCH3 is 1. The molecule has 1 aromatic heterocycles. The molecule has 0 fully saturated rings. The number of halogens is 1. The van der Waals surface area contributed by atoms with E-state index < -0.39 is 0 Å². The molecule has 0 aliphatic carbocycles. The third-order valence-electron chi connectivity index (χ3n) is 2.42. The largest absolute Gasteiger partial charge is 0.495 e. The molecule has 78 valence electrons. The zero-order valence-corrected chi connectivity index (χ0v) is 9.72. The monoisotopic (exact) mass is 221 g/mol. The van der Waals surface area contributed by atoms with E-state index in [-0.39, 0.29) is 0 Å². The van der Waals surface area contributed by atoms with Gasteiger partial charge in [-0.1, -0.05) is 11.6 Å². The van der Waals surface area contributed by atoms with Gasteiger partial charge in [0.2, 0.25) is 0 Å². The summed E-state index contributed by atoms with van der Waals surface area (Å²) in [6, 6.07) is 5.82. The van der Waals surface area contributed by atoms with Crippen molar-refractivity contribution in [1.29, 1.82) is 0 Å². The topological polar surface area (TPSA) is 22.1 Å². The van der Waals surface area contributed by atoms with Gasteiger partial charge in [0.15, 0.2) is 0 Å². The molecule has 3 heteroatoms. The van der Waals surface area contributed by atoms with E-state index in [1.807, 2.05) is 19.1 Å². The molecule has 2 nitrogen and oxygen atoms in total. The van der Waals surface area contributed by atoms with Crippen LogP contribution in [0.4, 0.5) is 0 Å². The average Bonchev–Trinajstić information content (AvgIpc) is 2.16. The molecular weight excluding hydrogens is 210 g/mol. The standard InChI is InChI=1S/C12H12ClNO/c1-7-4-8(2)14-11-6-10(13)12(15-3)5-9(7)11/h4-6H,1-3H3. The second kappa shape index (κ2) is 3.70. The van der Waals surface area contributed by atoms with Crippen molar-refractivity contribution in [2.24, 2.45) is 0 Å². The van der Waals surface area contributed by atoms with E-state index in [0.717, 1.165) is 16.6 Å². The first kappa shape index (κ1) is 10.2. The first-order valence-corrected chi connectivity index (χ1v) is 5.11. The van der Waals surface area contributed by atoms with Gasteiger partial charge in [0.25, 0.3) is 0 Å². The zero-order valence-electron chi connectivity index (χ0n) is 8.97. The van der Waals surface area contributed by atoms with Gasteiger partial charge in [-0.05, 0) is 37.6 Å². The van der Waals surface area contributed by atoms with Gasteiger partial charge < -0.3 is 4.74 Å². The van der Waals surface area contributed by atoms with Gasteiger partial charge in [0, 0.05) is 11.1 Å². The van der Waals surface area contributed by atoms with Crippen LogP contribution in [0.25, 0.3) is 10.9 Å². The van der Waals surface area contributed by atoms with Crippen molar-refractivity contribution < 1.29 is 4.74 Å². The molecule has 1 heterocycles. The lowest BCUT2D eigenvalue weighted by Gasteiger charge is -2.07. The van der Waals surface area contributed by atoms with Gasteiger partial charge in [-0.3, -0.25) is 4.98 Å². The molecule has 0 N–H and O–H groups in total. The summed E-state index contributed by atoms with van der Waals surface area (Å²) in [5.74, 6) is 0.693. The van der Waals surface area contributed by atoms with Gasteiger partial charge in [-0.25, -0.2) is 0 Å². The molecule has 2 rings (SSSR count). The van der Waals surface area contributed by atoms with E-state index >= 15 is 0 Å². The third-order valence-corrected chi connectivity index (χ3v) is 2.71. The van der Waals surface area contributed by atoms with Crippen molar-refractivity contribution in [3.63, 3.8) is 0 Å². The van der Waals surface area contributed by atoms with E-state index in [4.69, 9.17) is 16.3 Å². The Hall–Kier alpha value is -1.28. The Morgan fingerprint density at radius 2 is 1.93 bits per heavy atom. The SMILES string of the molecule is COc1cc2c(C)cc(C)nc2cc1Cl. The highest BCUT2D eigenvalue weighted by atomic mass is 35.5. The number of aromatic nitrogens is 1. The molecule has 0 radical (unpaired) electrons. The molecule has 0 atom stereocenters. The van der Waals surface area contributed by atoms with E-state index in [0.29, 0.717) is 10.8 Å². The van der Waals surface area contributed by atoms with Crippen LogP contribution >= 0.6 is 11.6 Å². The summed E-state index contributed by atoms with van der Waals surface area (Å²) < 4.78 is 5.18. The molecule has 0 amide bonds. The molecular formula is C12H12ClNO. The average molecular weight is 222 g/mol. The number of benzene rings is 1. The van der Waals surface area contributed by atoms with Gasteiger partial charge >= 0.3 is 0 Å². The van der Waals surface area contributed by atoms with E-state index in [9.17, 15) is 0 Å². The summed E-state index contributed by atoms with van der Waals surface area (Å²) in [5.41, 5.74) is 3.10. The molecule has 0 spiro atoms. The van der Waals surface area contributed by atoms with Crippen LogP contribution in [0.3, 0.4) is 0 Å². The van der Waals surface area contributed by atoms with Crippen molar-refractivity contribution in [3.05, 3.63) is 34.5 Å². The highest BCUT2D eigenvalue weighted by molar-refractivity contribution is 6.32. The molecule has 15 heavy (non-hydrogen) atoms. The summed E-state index contributed by atoms with van der Waals surface area (Å²) in [7, 11) is 1.62. The van der Waals surface area contributed by atoms with Crippen LogP contribution in [-0.4, -0.2) is 12.1 Å². The second-order valence-corrected chi connectivity index (χ2v) is 3.99. The second-order valence-electron chi connectivity index (χ2n) is 3.58. The minimum absolute atomic E-state index is 0.600. The highest BCUT2D eigenvalue weighted by Gasteiger charge is 2.06. The van der Waals surface area contributed by atoms with Crippen LogP contribution in [0, 0.1) is 13.8 Å². The van der Waals surface area contributed by atoms with Gasteiger partial charge in [-0.15, -0.1) is 0 Å². The Morgan fingerprint density at radius 1 is 1.20 bits per heavy atom. The van der Waals surface area contributed by atoms with Gasteiger partial charge in [-0.2, -0.15) is 0 Å². The summed E-state index contributed by atoms with van der Waals surface area (Å²) in [6.45, 7) is 4.04. The predicted molar refractivity (Wildman–Crippen MR) is 62.8 cm³/mol. The molecule has 2 aromatic rings. The van der Waals surface area contributed by atoms with Crippen molar-refractivity contribution in [2.75, 3.05) is 7.11 Å². The van der Waals surface area contributed by atoms with Crippen molar-refractivity contribution >= 4 is 22.5 Å². The molecule has 0 aliphatic rings. The Bertz CT molecular complexity index is 523. The lowest BCUT2D eigenvalue weighted by atomic mass is 10.1. The van der Waals surface area contributed by atoms with Crippen molar-refractivity contribution in [2.45, 2.75) is 13.8 Å². The Morgan fingerprint density at radius 3 is 2.60 bits per heavy atom. The summed E-state index contributed by atoms with van der Waals surface area (Å²) in [6.07, 6.45) is 0. The number of rotatable bonds is 1. The number of fused-ring (bicyclic) bond motifs is 1. The lowest BCUT2D eigenvalue weighted by Crippen LogP contribution is -1.90.